The van der Waals surface area contributed by atoms with E-state index in [2.05, 4.69) is 11.1 Å². The molecule has 0 radical (unpaired) electrons. The molecule has 0 bridgehead atoms. The maximum Gasteiger partial charge on any atom is 0.348 e. The second-order valence-corrected chi connectivity index (χ2v) is 8.65. The topological polar surface area (TPSA) is 74.2 Å². The molecular weight excluding hydrogens is 441 g/mol. The molecule has 0 N–H and O–H groups in total. The zero-order valence-electron chi connectivity index (χ0n) is 18.0. The number of carbonyl (C=O) groups excluding carboxylic acids is 2. The number of Topliss-reactive ketones (excluding diaryl/α,β-unsaturated/α-hetero) is 1. The van der Waals surface area contributed by atoms with Gasteiger partial charge in [-0.1, -0.05) is 61.5 Å². The third-order valence-corrected chi connectivity index (χ3v) is 5.23. The van der Waals surface area contributed by atoms with Crippen molar-refractivity contribution in [3.63, 3.8) is 0 Å². The average molecular weight is 466 g/mol. The smallest absolute Gasteiger partial charge is 0.348 e. The number of esters is 1. The van der Waals surface area contributed by atoms with Crippen LogP contribution in [0.5, 0.6) is 5.75 Å². The molecule has 0 heterocycles. The lowest BCUT2D eigenvalue weighted by Crippen LogP contribution is -2.31. The number of oxime groups is 1. The van der Waals surface area contributed by atoms with E-state index in [-0.39, 0.29) is 51.5 Å². The summed E-state index contributed by atoms with van der Waals surface area (Å²) in [6.45, 7) is 5.75. The second kappa shape index (κ2) is 10.7. The van der Waals surface area contributed by atoms with Gasteiger partial charge in [0.05, 0.1) is 28.4 Å². The highest BCUT2D eigenvalue weighted by Gasteiger charge is 2.38. The quantitative estimate of drug-likeness (QED) is 0.164. The maximum atomic E-state index is 13.1. The Morgan fingerprint density at radius 2 is 1.94 bits per heavy atom. The summed E-state index contributed by atoms with van der Waals surface area (Å²) in [7, 11) is 1.38. The van der Waals surface area contributed by atoms with Crippen LogP contribution >= 0.6 is 23.2 Å². The third-order valence-electron chi connectivity index (χ3n) is 4.62. The molecular formula is C23H25Cl2NO5. The van der Waals surface area contributed by atoms with E-state index in [0.717, 1.165) is 0 Å². The fourth-order valence-electron chi connectivity index (χ4n) is 3.36. The third kappa shape index (κ3) is 6.03. The van der Waals surface area contributed by atoms with Crippen molar-refractivity contribution in [1.82, 2.24) is 0 Å². The van der Waals surface area contributed by atoms with Gasteiger partial charge in [0.1, 0.15) is 11.3 Å². The number of methoxy groups -OCH3 is 1. The molecule has 31 heavy (non-hydrogen) atoms. The molecule has 166 valence electrons. The zero-order chi connectivity index (χ0) is 23.2. The standard InChI is InChI=1S/C23H25Cl2NO5/c1-6-8-16(26-30-11-7-2)20-17(27)12-23(3,4)13-18(20)31-22(28)19-14(24)9-10-15(25)21(19)29-5/h2,9-10H,6,8,11-13H2,1,3-5H3. The predicted octanol–water partition coefficient (Wildman–Crippen LogP) is 5.61. The number of nitrogens with zero attached hydrogens (tertiary/aromatic N) is 1. The van der Waals surface area contributed by atoms with Gasteiger partial charge in [0.25, 0.3) is 0 Å². The van der Waals surface area contributed by atoms with Gasteiger partial charge in [-0.25, -0.2) is 4.79 Å². The van der Waals surface area contributed by atoms with E-state index in [4.69, 9.17) is 43.9 Å². The van der Waals surface area contributed by atoms with Gasteiger partial charge in [-0.15, -0.1) is 6.42 Å². The first-order chi connectivity index (χ1) is 14.6. The Morgan fingerprint density at radius 3 is 2.55 bits per heavy atom. The molecule has 0 fully saturated rings. The Morgan fingerprint density at radius 1 is 1.26 bits per heavy atom. The molecule has 8 heteroatoms. The van der Waals surface area contributed by atoms with Gasteiger partial charge in [-0.05, 0) is 24.0 Å². The summed E-state index contributed by atoms with van der Waals surface area (Å²) in [5.74, 6) is 1.68. The van der Waals surface area contributed by atoms with E-state index < -0.39 is 11.4 Å². The minimum absolute atomic E-state index is 0.0168. The predicted molar refractivity (Wildman–Crippen MR) is 121 cm³/mol. The van der Waals surface area contributed by atoms with E-state index in [1.54, 1.807) is 0 Å². The minimum Gasteiger partial charge on any atom is -0.494 e. The number of terminal acetylenes is 1. The molecule has 1 aromatic carbocycles. The summed E-state index contributed by atoms with van der Waals surface area (Å²) in [6, 6.07) is 3.00. The first-order valence-electron chi connectivity index (χ1n) is 9.78. The molecule has 0 spiro atoms. The Kier molecular flexibility index (Phi) is 8.55. The van der Waals surface area contributed by atoms with E-state index in [0.29, 0.717) is 25.0 Å². The largest absolute Gasteiger partial charge is 0.494 e. The van der Waals surface area contributed by atoms with Gasteiger partial charge in [-0.3, -0.25) is 4.79 Å². The average Bonchev–Trinajstić information content (AvgIpc) is 2.68. The van der Waals surface area contributed by atoms with Crippen molar-refractivity contribution in [3.05, 3.63) is 39.1 Å². The van der Waals surface area contributed by atoms with Crippen molar-refractivity contribution < 1.29 is 23.9 Å². The highest BCUT2D eigenvalue weighted by atomic mass is 35.5. The lowest BCUT2D eigenvalue weighted by atomic mass is 9.75. The van der Waals surface area contributed by atoms with Gasteiger partial charge in [-0.2, -0.15) is 0 Å². The van der Waals surface area contributed by atoms with Crippen LogP contribution in [0.15, 0.2) is 28.6 Å². The van der Waals surface area contributed by atoms with Gasteiger partial charge < -0.3 is 14.3 Å². The van der Waals surface area contributed by atoms with E-state index in [9.17, 15) is 9.59 Å². The summed E-state index contributed by atoms with van der Waals surface area (Å²) in [5.41, 5.74) is 0.209. The summed E-state index contributed by atoms with van der Waals surface area (Å²) in [4.78, 5) is 31.2. The van der Waals surface area contributed by atoms with Crippen LogP contribution in [0.3, 0.4) is 0 Å². The van der Waals surface area contributed by atoms with Crippen LogP contribution in [0.4, 0.5) is 0 Å². The van der Waals surface area contributed by atoms with Gasteiger partial charge in [0.15, 0.2) is 18.1 Å². The van der Waals surface area contributed by atoms with Crippen LogP contribution in [0.2, 0.25) is 10.0 Å². The first-order valence-corrected chi connectivity index (χ1v) is 10.5. The van der Waals surface area contributed by atoms with Crippen molar-refractivity contribution in [3.8, 4) is 18.1 Å². The molecule has 1 aliphatic carbocycles. The number of hydrogen-bond acceptors (Lipinski definition) is 6. The maximum absolute atomic E-state index is 13.1. The number of carbonyl (C=O) groups is 2. The summed E-state index contributed by atoms with van der Waals surface area (Å²) in [5, 5.41) is 4.39. The SMILES string of the molecule is C#CCON=C(CCC)C1=C(OC(=O)c2c(Cl)ccc(Cl)c2OC)CC(C)(C)CC1=O. The Bertz CT molecular complexity index is 973. The number of benzene rings is 1. The molecule has 1 aliphatic rings. The van der Waals surface area contributed by atoms with Crippen LogP contribution in [0, 0.1) is 17.8 Å². The summed E-state index contributed by atoms with van der Waals surface area (Å²) >= 11 is 12.4. The van der Waals surface area contributed by atoms with Gasteiger partial charge in [0, 0.05) is 12.8 Å². The molecule has 0 aliphatic heterocycles. The number of hydrogen-bond donors (Lipinski definition) is 0. The number of ether oxygens (including phenoxy) is 2. The Hall–Kier alpha value is -2.49. The molecule has 0 aromatic heterocycles. The molecule has 6 nitrogen and oxygen atoms in total. The van der Waals surface area contributed by atoms with Gasteiger partial charge >= 0.3 is 5.97 Å². The monoisotopic (exact) mass is 465 g/mol. The first kappa shape index (κ1) is 24.8. The Balaban J connectivity index is 2.56. The highest BCUT2D eigenvalue weighted by molar-refractivity contribution is 6.37. The minimum atomic E-state index is -0.775. The van der Waals surface area contributed by atoms with Crippen LogP contribution in [0.1, 0.15) is 56.8 Å². The summed E-state index contributed by atoms with van der Waals surface area (Å²) in [6.07, 6.45) is 6.99. The van der Waals surface area contributed by atoms with E-state index in [1.165, 1.54) is 19.2 Å². The summed E-state index contributed by atoms with van der Waals surface area (Å²) < 4.78 is 11.0. The normalized spacial score (nSPS) is 16.0. The van der Waals surface area contributed by atoms with E-state index >= 15 is 0 Å². The molecule has 0 saturated carbocycles. The fraction of sp³-hybridized carbons (Fsp3) is 0.435. The number of allylic oxidation sites excluding steroid dienone is 2. The highest BCUT2D eigenvalue weighted by Crippen LogP contribution is 2.40. The second-order valence-electron chi connectivity index (χ2n) is 7.83. The molecule has 0 saturated heterocycles. The molecule has 0 unspecified atom stereocenters. The lowest BCUT2D eigenvalue weighted by Gasteiger charge is -2.31. The van der Waals surface area contributed by atoms with Crippen LogP contribution in [0.25, 0.3) is 0 Å². The molecule has 2 rings (SSSR count). The van der Waals surface area contributed by atoms with Crippen LogP contribution in [-0.2, 0) is 14.4 Å². The molecule has 0 amide bonds. The van der Waals surface area contributed by atoms with Crippen molar-refractivity contribution in [2.75, 3.05) is 13.7 Å². The van der Waals surface area contributed by atoms with Crippen molar-refractivity contribution in [1.29, 1.82) is 0 Å². The number of halogens is 2. The Labute approximate surface area is 192 Å². The van der Waals surface area contributed by atoms with E-state index in [1.807, 2.05) is 20.8 Å². The number of ketones is 1. The van der Waals surface area contributed by atoms with Gasteiger partial charge in [0.2, 0.25) is 0 Å². The fourth-order valence-corrected chi connectivity index (χ4v) is 3.82. The molecule has 0 atom stereocenters. The van der Waals surface area contributed by atoms with Crippen molar-refractivity contribution in [2.45, 2.75) is 46.5 Å². The van der Waals surface area contributed by atoms with Crippen molar-refractivity contribution in [2.24, 2.45) is 10.6 Å². The number of rotatable bonds is 8. The van der Waals surface area contributed by atoms with Crippen LogP contribution < -0.4 is 4.74 Å². The zero-order valence-corrected chi connectivity index (χ0v) is 19.5. The van der Waals surface area contributed by atoms with Crippen molar-refractivity contribution >= 4 is 40.7 Å². The van der Waals surface area contributed by atoms with Crippen LogP contribution in [-0.4, -0.2) is 31.2 Å². The lowest BCUT2D eigenvalue weighted by molar-refractivity contribution is -0.118. The molecule has 1 aromatic rings.